The third-order valence-corrected chi connectivity index (χ3v) is 4.14. The van der Waals surface area contributed by atoms with Crippen LogP contribution in [0.2, 0.25) is 0 Å². The van der Waals surface area contributed by atoms with Gasteiger partial charge in [-0.05, 0) is 32.4 Å². The van der Waals surface area contributed by atoms with Gasteiger partial charge in [-0.15, -0.1) is 22.6 Å². The highest BCUT2D eigenvalue weighted by Crippen LogP contribution is 2.33. The Kier molecular flexibility index (Phi) is 9.67. The Morgan fingerprint density at radius 3 is 2.67 bits per heavy atom. The van der Waals surface area contributed by atoms with Crippen molar-refractivity contribution in [3.05, 3.63) is 24.3 Å². The minimum atomic E-state index is 0. The van der Waals surface area contributed by atoms with E-state index in [2.05, 4.69) is 41.8 Å². The van der Waals surface area contributed by atoms with Crippen molar-refractivity contribution in [1.82, 2.24) is 15.6 Å². The third-order valence-electron chi connectivity index (χ3n) is 3.27. The largest absolute Gasteiger partial charge is 0.493 e. The lowest BCUT2D eigenvalue weighted by Crippen LogP contribution is -2.28. The van der Waals surface area contributed by atoms with Crippen molar-refractivity contribution in [3.8, 4) is 16.3 Å². The summed E-state index contributed by atoms with van der Waals surface area (Å²) in [5.74, 6) is 0.878. The molecule has 2 rings (SSSR count). The highest BCUT2D eigenvalue weighted by molar-refractivity contribution is 7.18. The monoisotopic (exact) mass is 370 g/mol. The van der Waals surface area contributed by atoms with Crippen LogP contribution in [-0.2, 0) is 0 Å². The molecule has 0 aliphatic rings. The molecule has 0 bridgehead atoms. The van der Waals surface area contributed by atoms with Gasteiger partial charge in [-0.3, -0.25) is 5.43 Å². The van der Waals surface area contributed by atoms with Crippen LogP contribution in [-0.4, -0.2) is 22.8 Å². The normalized spacial score (nSPS) is 10.5. The predicted molar refractivity (Wildman–Crippen MR) is 104 cm³/mol. The van der Waals surface area contributed by atoms with Crippen LogP contribution in [0.3, 0.4) is 0 Å². The molecular formula is C17H27ClN4OS. The lowest BCUT2D eigenvalue weighted by molar-refractivity contribution is 0.306. The number of hydrazine groups is 1. The van der Waals surface area contributed by atoms with E-state index in [1.807, 2.05) is 24.3 Å². The third kappa shape index (κ3) is 6.63. The molecule has 134 valence electrons. The van der Waals surface area contributed by atoms with E-state index in [0.717, 1.165) is 34.5 Å². The molecule has 0 unspecified atom stereocenters. The number of para-hydroxylation sites is 1. The van der Waals surface area contributed by atoms with Gasteiger partial charge in [0.25, 0.3) is 0 Å². The van der Waals surface area contributed by atoms with E-state index < -0.39 is 0 Å². The second-order valence-electron chi connectivity index (χ2n) is 5.74. The van der Waals surface area contributed by atoms with Crippen LogP contribution in [0, 0.1) is 0 Å². The number of nitrogens with zero attached hydrogens (tertiary/aromatic N) is 2. The Balaban J connectivity index is 0.00000288. The molecule has 7 heteroatoms. The van der Waals surface area contributed by atoms with Gasteiger partial charge in [0.05, 0.1) is 12.2 Å². The van der Waals surface area contributed by atoms with Gasteiger partial charge in [0.1, 0.15) is 5.75 Å². The maximum Gasteiger partial charge on any atom is 0.220 e. The van der Waals surface area contributed by atoms with Crippen molar-refractivity contribution in [2.75, 3.05) is 12.0 Å². The van der Waals surface area contributed by atoms with Crippen LogP contribution in [0.5, 0.6) is 5.75 Å². The van der Waals surface area contributed by atoms with Gasteiger partial charge in [-0.25, -0.2) is 5.43 Å². The van der Waals surface area contributed by atoms with E-state index in [1.165, 1.54) is 30.6 Å². The maximum absolute atomic E-state index is 5.95. The first-order chi connectivity index (χ1) is 11.2. The van der Waals surface area contributed by atoms with Crippen LogP contribution < -0.4 is 15.6 Å². The Morgan fingerprint density at radius 2 is 1.92 bits per heavy atom. The lowest BCUT2D eigenvalue weighted by atomic mass is 10.2. The molecule has 2 aromatic rings. The summed E-state index contributed by atoms with van der Waals surface area (Å²) < 4.78 is 5.95. The number of anilines is 1. The van der Waals surface area contributed by atoms with E-state index >= 15 is 0 Å². The Labute approximate surface area is 154 Å². The molecule has 0 saturated carbocycles. The van der Waals surface area contributed by atoms with Crippen molar-refractivity contribution < 1.29 is 4.74 Å². The SMILES string of the molecule is CCCCCCOc1ccccc1-c1nnc(NNC(C)C)s1.Cl. The van der Waals surface area contributed by atoms with Crippen LogP contribution in [0.25, 0.3) is 10.6 Å². The van der Waals surface area contributed by atoms with Gasteiger partial charge in [0.2, 0.25) is 5.13 Å². The molecule has 0 amide bonds. The van der Waals surface area contributed by atoms with E-state index in [4.69, 9.17) is 4.74 Å². The summed E-state index contributed by atoms with van der Waals surface area (Å²) in [6.07, 6.45) is 4.80. The molecular weight excluding hydrogens is 344 g/mol. The van der Waals surface area contributed by atoms with E-state index in [9.17, 15) is 0 Å². The number of nitrogens with one attached hydrogen (secondary N) is 2. The summed E-state index contributed by atoms with van der Waals surface area (Å²) >= 11 is 1.51. The zero-order valence-electron chi connectivity index (χ0n) is 14.5. The van der Waals surface area contributed by atoms with Gasteiger partial charge in [-0.1, -0.05) is 49.7 Å². The van der Waals surface area contributed by atoms with Crippen LogP contribution in [0.15, 0.2) is 24.3 Å². The van der Waals surface area contributed by atoms with E-state index in [-0.39, 0.29) is 12.4 Å². The van der Waals surface area contributed by atoms with Gasteiger partial charge < -0.3 is 4.74 Å². The second kappa shape index (κ2) is 11.2. The number of halogens is 1. The average Bonchev–Trinajstić information content (AvgIpc) is 3.02. The first-order valence-electron chi connectivity index (χ1n) is 8.28. The van der Waals surface area contributed by atoms with E-state index in [0.29, 0.717) is 6.04 Å². The molecule has 0 atom stereocenters. The Hall–Kier alpha value is -1.37. The predicted octanol–water partition coefficient (Wildman–Crippen LogP) is 4.91. The van der Waals surface area contributed by atoms with Crippen molar-refractivity contribution in [2.24, 2.45) is 0 Å². The molecule has 0 aliphatic heterocycles. The molecule has 1 aromatic carbocycles. The van der Waals surface area contributed by atoms with Gasteiger partial charge in [0, 0.05) is 6.04 Å². The highest BCUT2D eigenvalue weighted by Gasteiger charge is 2.11. The van der Waals surface area contributed by atoms with Gasteiger partial charge in [0.15, 0.2) is 5.01 Å². The van der Waals surface area contributed by atoms with Crippen molar-refractivity contribution >= 4 is 28.9 Å². The van der Waals surface area contributed by atoms with Crippen LogP contribution in [0.4, 0.5) is 5.13 Å². The Bertz CT molecular complexity index is 591. The quantitative estimate of drug-likeness (QED) is 0.459. The summed E-state index contributed by atoms with van der Waals surface area (Å²) in [5.41, 5.74) is 7.19. The number of unbranched alkanes of at least 4 members (excludes halogenated alkanes) is 3. The number of benzene rings is 1. The number of hydrogen-bond donors (Lipinski definition) is 2. The first kappa shape index (κ1) is 20.7. The van der Waals surface area contributed by atoms with Crippen molar-refractivity contribution in [3.63, 3.8) is 0 Å². The molecule has 0 spiro atoms. The van der Waals surface area contributed by atoms with Crippen molar-refractivity contribution in [2.45, 2.75) is 52.5 Å². The molecule has 1 heterocycles. The van der Waals surface area contributed by atoms with Gasteiger partial charge in [-0.2, -0.15) is 0 Å². The minimum absolute atomic E-state index is 0. The molecule has 2 N–H and O–H groups in total. The number of aromatic nitrogens is 2. The van der Waals surface area contributed by atoms with Crippen molar-refractivity contribution in [1.29, 1.82) is 0 Å². The average molecular weight is 371 g/mol. The standard InChI is InChI=1S/C17H26N4OS.ClH/c1-4-5-6-9-12-22-15-11-8-7-10-14(15)16-19-21-17(23-16)20-18-13(2)3;/h7-8,10-11,13,18H,4-6,9,12H2,1-3H3,(H,20,21);1H. The summed E-state index contributed by atoms with van der Waals surface area (Å²) in [6, 6.07) is 8.35. The first-order valence-corrected chi connectivity index (χ1v) is 9.09. The fraction of sp³-hybridized carbons (Fsp3) is 0.529. The molecule has 5 nitrogen and oxygen atoms in total. The fourth-order valence-corrected chi connectivity index (χ4v) is 2.80. The number of ether oxygens (including phenoxy) is 1. The smallest absolute Gasteiger partial charge is 0.220 e. The summed E-state index contributed by atoms with van der Waals surface area (Å²) in [7, 11) is 0. The zero-order chi connectivity index (χ0) is 16.5. The lowest BCUT2D eigenvalue weighted by Gasteiger charge is -2.09. The topological polar surface area (TPSA) is 59.1 Å². The van der Waals surface area contributed by atoms with Gasteiger partial charge >= 0.3 is 0 Å². The Morgan fingerprint density at radius 1 is 1.12 bits per heavy atom. The second-order valence-corrected chi connectivity index (χ2v) is 6.72. The molecule has 0 aliphatic carbocycles. The van der Waals surface area contributed by atoms with E-state index in [1.54, 1.807) is 0 Å². The summed E-state index contributed by atoms with van der Waals surface area (Å²) in [5, 5.41) is 10.1. The number of hydrogen-bond acceptors (Lipinski definition) is 6. The summed E-state index contributed by atoms with van der Waals surface area (Å²) in [6.45, 7) is 7.09. The molecule has 0 radical (unpaired) electrons. The minimum Gasteiger partial charge on any atom is -0.493 e. The number of rotatable bonds is 10. The maximum atomic E-state index is 5.95. The molecule has 0 fully saturated rings. The molecule has 24 heavy (non-hydrogen) atoms. The van der Waals surface area contributed by atoms with Crippen LogP contribution >= 0.6 is 23.7 Å². The zero-order valence-corrected chi connectivity index (χ0v) is 16.2. The van der Waals surface area contributed by atoms with Crippen LogP contribution in [0.1, 0.15) is 46.5 Å². The molecule has 0 saturated heterocycles. The highest BCUT2D eigenvalue weighted by atomic mass is 35.5. The fourth-order valence-electron chi connectivity index (χ4n) is 2.07. The molecule has 1 aromatic heterocycles. The summed E-state index contributed by atoms with van der Waals surface area (Å²) in [4.78, 5) is 0.